The number of likely N-dealkylation sites (tertiary alicyclic amines) is 1. The summed E-state index contributed by atoms with van der Waals surface area (Å²) in [5, 5.41) is 4.67. The van der Waals surface area contributed by atoms with Crippen molar-refractivity contribution >= 4 is 28.6 Å². The molecule has 0 bridgehead atoms. The Balaban J connectivity index is 1.39. The fraction of sp³-hybridized carbons (Fsp3) is 0.344. The van der Waals surface area contributed by atoms with E-state index in [-0.39, 0.29) is 38.4 Å². The van der Waals surface area contributed by atoms with E-state index in [0.717, 1.165) is 28.5 Å². The van der Waals surface area contributed by atoms with Gasteiger partial charge in [-0.2, -0.15) is 13.2 Å². The first-order chi connectivity index (χ1) is 19.6. The highest BCUT2D eigenvalue weighted by Gasteiger charge is 2.55. The number of carbonyl (C=O) groups is 3. The van der Waals surface area contributed by atoms with Gasteiger partial charge in [0.05, 0.1) is 18.7 Å². The van der Waals surface area contributed by atoms with Gasteiger partial charge in [-0.15, -0.1) is 0 Å². The first-order valence-corrected chi connectivity index (χ1v) is 13.7. The molecule has 1 N–H and O–H groups in total. The van der Waals surface area contributed by atoms with Crippen molar-refractivity contribution in [1.29, 1.82) is 0 Å². The Morgan fingerprint density at radius 3 is 2.61 bits per heavy atom. The van der Waals surface area contributed by atoms with E-state index in [9.17, 15) is 27.6 Å². The Labute approximate surface area is 236 Å². The van der Waals surface area contributed by atoms with E-state index in [2.05, 4.69) is 5.32 Å². The quantitative estimate of drug-likeness (QED) is 0.334. The highest BCUT2D eigenvalue weighted by Crippen LogP contribution is 2.51. The summed E-state index contributed by atoms with van der Waals surface area (Å²) in [7, 11) is 0. The van der Waals surface area contributed by atoms with Gasteiger partial charge >= 0.3 is 12.1 Å². The van der Waals surface area contributed by atoms with Crippen molar-refractivity contribution in [3.05, 3.63) is 95.2 Å². The van der Waals surface area contributed by atoms with Crippen LogP contribution in [0.15, 0.2) is 78.5 Å². The molecule has 0 unspecified atom stereocenters. The zero-order valence-corrected chi connectivity index (χ0v) is 22.7. The molecule has 1 aliphatic heterocycles. The molecule has 214 valence electrons. The van der Waals surface area contributed by atoms with Crippen LogP contribution in [0, 0.1) is 11.3 Å². The van der Waals surface area contributed by atoms with Crippen LogP contribution in [0.5, 0.6) is 0 Å². The van der Waals surface area contributed by atoms with Crippen LogP contribution in [0.1, 0.15) is 49.3 Å². The third kappa shape index (κ3) is 5.71. The molecule has 0 radical (unpaired) electrons. The van der Waals surface area contributed by atoms with Crippen LogP contribution in [0.2, 0.25) is 0 Å². The molecule has 2 aliphatic rings. The third-order valence-corrected chi connectivity index (χ3v) is 7.95. The van der Waals surface area contributed by atoms with Crippen LogP contribution in [0.4, 0.5) is 13.2 Å². The summed E-state index contributed by atoms with van der Waals surface area (Å²) in [5.41, 5.74) is -0.0101. The van der Waals surface area contributed by atoms with E-state index < -0.39 is 34.9 Å². The maximum absolute atomic E-state index is 13.9. The molecule has 1 aliphatic carbocycles. The number of nitrogens with one attached hydrogen (secondary N) is 1. The molecule has 3 aromatic carbocycles. The zero-order valence-electron chi connectivity index (χ0n) is 22.7. The van der Waals surface area contributed by atoms with Gasteiger partial charge in [0, 0.05) is 24.6 Å². The number of piperidine rings is 1. The molecule has 2 amide bonds. The van der Waals surface area contributed by atoms with Crippen LogP contribution in [-0.4, -0.2) is 29.3 Å². The maximum atomic E-state index is 13.9. The van der Waals surface area contributed by atoms with Crippen molar-refractivity contribution in [2.45, 2.75) is 51.9 Å². The Morgan fingerprint density at radius 1 is 1.07 bits per heavy atom. The summed E-state index contributed by atoms with van der Waals surface area (Å²) >= 11 is 0. The molecule has 1 saturated heterocycles. The summed E-state index contributed by atoms with van der Waals surface area (Å²) in [6, 6.07) is 18.5. The molecule has 0 saturated carbocycles. The topological polar surface area (TPSA) is 75.7 Å². The lowest BCUT2D eigenvalue weighted by molar-refractivity contribution is -0.161. The van der Waals surface area contributed by atoms with Crippen LogP contribution < -0.4 is 5.32 Å². The molecule has 41 heavy (non-hydrogen) atoms. The fourth-order valence-corrected chi connectivity index (χ4v) is 6.04. The van der Waals surface area contributed by atoms with Gasteiger partial charge in [0.25, 0.3) is 0 Å². The molecule has 0 spiro atoms. The molecule has 1 heterocycles. The van der Waals surface area contributed by atoms with Gasteiger partial charge in [-0.05, 0) is 60.2 Å². The number of allylic oxidation sites excluding steroid dienone is 1. The molecule has 0 aromatic heterocycles. The molecule has 3 aromatic rings. The molecule has 9 heteroatoms. The highest BCUT2D eigenvalue weighted by atomic mass is 19.4. The van der Waals surface area contributed by atoms with Gasteiger partial charge in [-0.1, -0.05) is 60.7 Å². The monoisotopic (exact) mass is 564 g/mol. The Kier molecular flexibility index (Phi) is 7.89. The summed E-state index contributed by atoms with van der Waals surface area (Å²) < 4.78 is 44.7. The number of amides is 2. The van der Waals surface area contributed by atoms with Crippen molar-refractivity contribution in [3.8, 4) is 0 Å². The largest absolute Gasteiger partial charge is 0.465 e. The predicted octanol–water partition coefficient (Wildman–Crippen LogP) is 6.14. The molecular formula is C32H31F3N2O4. The fourth-order valence-electron chi connectivity index (χ4n) is 6.04. The van der Waals surface area contributed by atoms with E-state index in [1.54, 1.807) is 11.8 Å². The molecule has 2 atom stereocenters. The number of benzene rings is 3. The number of ether oxygens (including phenoxy) is 1. The van der Waals surface area contributed by atoms with E-state index in [0.29, 0.717) is 24.1 Å². The molecule has 6 nitrogen and oxygen atoms in total. The van der Waals surface area contributed by atoms with Gasteiger partial charge in [-0.3, -0.25) is 14.4 Å². The van der Waals surface area contributed by atoms with Gasteiger partial charge < -0.3 is 15.0 Å². The first-order valence-electron chi connectivity index (χ1n) is 13.7. The minimum atomic E-state index is -4.49. The minimum absolute atomic E-state index is 0.114. The van der Waals surface area contributed by atoms with Crippen LogP contribution in [0.3, 0.4) is 0 Å². The van der Waals surface area contributed by atoms with Crippen molar-refractivity contribution in [1.82, 2.24) is 10.2 Å². The number of alkyl halides is 3. The van der Waals surface area contributed by atoms with Crippen molar-refractivity contribution < 1.29 is 32.3 Å². The highest BCUT2D eigenvalue weighted by molar-refractivity contribution is 5.93. The Bertz CT molecular complexity index is 1510. The second-order valence-electron chi connectivity index (χ2n) is 10.6. The number of hydrogen-bond acceptors (Lipinski definition) is 4. The number of nitrogens with zero attached hydrogens (tertiary/aromatic N) is 1. The minimum Gasteiger partial charge on any atom is -0.465 e. The van der Waals surface area contributed by atoms with Crippen molar-refractivity contribution in [2.24, 2.45) is 11.3 Å². The average molecular weight is 565 g/mol. The van der Waals surface area contributed by atoms with E-state index in [1.165, 1.54) is 12.1 Å². The Hall–Kier alpha value is -4.14. The van der Waals surface area contributed by atoms with Gasteiger partial charge in [-0.25, -0.2) is 0 Å². The summed E-state index contributed by atoms with van der Waals surface area (Å²) in [5.74, 6) is -1.95. The molecule has 5 rings (SSSR count). The lowest BCUT2D eigenvalue weighted by Gasteiger charge is -2.44. The lowest BCUT2D eigenvalue weighted by Crippen LogP contribution is -2.52. The lowest BCUT2D eigenvalue weighted by atomic mass is 9.71. The number of hydrogen-bond donors (Lipinski definition) is 1. The third-order valence-electron chi connectivity index (χ3n) is 7.95. The van der Waals surface area contributed by atoms with Crippen molar-refractivity contribution in [2.75, 3.05) is 6.61 Å². The van der Waals surface area contributed by atoms with Gasteiger partial charge in [0.15, 0.2) is 0 Å². The summed E-state index contributed by atoms with van der Waals surface area (Å²) in [4.78, 5) is 41.9. The zero-order chi connectivity index (χ0) is 29.2. The second-order valence-corrected chi connectivity index (χ2v) is 10.6. The van der Waals surface area contributed by atoms with E-state index >= 15 is 0 Å². The molecule has 1 fully saturated rings. The standard InChI is InChI=1S/C32H31F3N2O4/c1-2-41-30(40)31-15-7-14-27(31)37(20-23-11-6-10-22-9-3-4-13-26(22)23)29(39)24(18-31)17-28(38)36-19-21-8-5-12-25(16-21)32(33,34)35/h3-6,8-14,16,24H,2,7,15,17-20H2,1H3,(H,36,38)/t24-,31+/m1/s1. The van der Waals surface area contributed by atoms with Crippen LogP contribution >= 0.6 is 0 Å². The number of rotatable bonds is 8. The van der Waals surface area contributed by atoms with E-state index in [1.807, 2.05) is 48.5 Å². The van der Waals surface area contributed by atoms with Crippen molar-refractivity contribution in [3.63, 3.8) is 0 Å². The first kappa shape index (κ1) is 28.4. The number of fused-ring (bicyclic) bond motifs is 2. The number of esters is 1. The molecular weight excluding hydrogens is 533 g/mol. The normalized spacial score (nSPS) is 20.5. The number of halogens is 3. The predicted molar refractivity (Wildman–Crippen MR) is 147 cm³/mol. The average Bonchev–Trinajstić information content (AvgIpc) is 3.39. The second kappa shape index (κ2) is 11.4. The smallest absolute Gasteiger partial charge is 0.416 e. The van der Waals surface area contributed by atoms with E-state index in [4.69, 9.17) is 4.74 Å². The van der Waals surface area contributed by atoms with Gasteiger partial charge in [0.1, 0.15) is 5.41 Å². The summed E-state index contributed by atoms with van der Waals surface area (Å²) in [6.07, 6.45) is -1.55. The SMILES string of the molecule is CCOC(=O)[C@]12CCC=C1N(Cc1cccc3ccccc13)C(=O)[C@H](CC(=O)NCc1cccc(C(F)(F)F)c1)C2. The Morgan fingerprint density at radius 2 is 1.83 bits per heavy atom. The van der Waals surface area contributed by atoms with Crippen LogP contribution in [0.25, 0.3) is 10.8 Å². The summed E-state index contributed by atoms with van der Waals surface area (Å²) in [6.45, 7) is 2.04. The van der Waals surface area contributed by atoms with Crippen LogP contribution in [-0.2, 0) is 38.4 Å². The number of carbonyl (C=O) groups excluding carboxylic acids is 3. The maximum Gasteiger partial charge on any atom is 0.416 e. The van der Waals surface area contributed by atoms with Gasteiger partial charge in [0.2, 0.25) is 11.8 Å².